The van der Waals surface area contributed by atoms with Crippen molar-refractivity contribution in [1.29, 1.82) is 0 Å². The minimum absolute atomic E-state index is 0.0862. The van der Waals surface area contributed by atoms with E-state index in [1.165, 1.54) is 144 Å². The van der Waals surface area contributed by atoms with Crippen LogP contribution in [0.4, 0.5) is 22.7 Å². The van der Waals surface area contributed by atoms with Crippen LogP contribution < -0.4 is 19.6 Å². The number of carbonyl (C=O) groups excluding carboxylic acids is 7. The molecule has 0 fully saturated rings. The number of carbonyl (C=O) groups is 7. The Bertz CT molecular complexity index is 7540. The van der Waals surface area contributed by atoms with Crippen molar-refractivity contribution in [2.24, 2.45) is 0 Å². The second-order valence-electron chi connectivity index (χ2n) is 35.0. The fraction of sp³-hybridized carbons (Fsp3) is 0.291. The van der Waals surface area contributed by atoms with Gasteiger partial charge in [-0.05, 0) is 297 Å². The zero-order chi connectivity index (χ0) is 93.8. The molecule has 16 aromatic rings. The van der Waals surface area contributed by atoms with Crippen molar-refractivity contribution in [2.75, 3.05) is 61.9 Å². The SMILES string of the molecule is CC(=O)c1sc2c(C)sc(C)c2c1C.Cc1cc2c(cc(C)c3nsnc32)c2nsnc12.Cc1cc2c(s1)/C(=C1\C(=O)N(C)c3cc(C)sc31)C(=O)N2C.Cc1ccc2c(c1)N(C)C(=O)/C2=C1/C(=O)N(C)c2cc(C)ccc21.Cc1sc(C2=C3C(=O)N(C)C(c4sc(C)c(C)c4C)=C3C(=O)N2C)c(C)c1C.Cc1sc2c(c1C)c(C)c(C)c1c3sc(C)c(C)c3c(C)c(C)c21. The Hall–Kier alpha value is -10.7. The maximum Gasteiger partial charge on any atom is 0.261 e. The predicted octanol–water partition coefficient (Wildman–Crippen LogP) is 26.5. The highest BCUT2D eigenvalue weighted by Gasteiger charge is 2.49. The molecule has 16 heterocycles. The van der Waals surface area contributed by atoms with E-state index in [4.69, 9.17) is 0 Å². The summed E-state index contributed by atoms with van der Waals surface area (Å²) in [7, 11) is 10.6. The number of hydrogen-bond donors (Lipinski definition) is 0. The molecule has 0 saturated carbocycles. The summed E-state index contributed by atoms with van der Waals surface area (Å²) in [5, 5.41) is 9.55. The Morgan fingerprint density at radius 1 is 0.277 bits per heavy atom. The van der Waals surface area contributed by atoms with Gasteiger partial charge in [0.25, 0.3) is 35.4 Å². The molecule has 0 spiro atoms. The Morgan fingerprint density at radius 2 is 0.623 bits per heavy atom. The summed E-state index contributed by atoms with van der Waals surface area (Å²) >= 11 is 16.4. The molecular weight excluding hydrogens is 1810 g/mol. The van der Waals surface area contributed by atoms with Crippen molar-refractivity contribution < 1.29 is 33.6 Å². The van der Waals surface area contributed by atoms with Crippen LogP contribution in [0.5, 0.6) is 0 Å². The largest absolute Gasteiger partial charge is 0.311 e. The van der Waals surface area contributed by atoms with Gasteiger partial charge >= 0.3 is 0 Å². The lowest BCUT2D eigenvalue weighted by Crippen LogP contribution is -2.25. The van der Waals surface area contributed by atoms with Gasteiger partial charge in [-0.15, -0.1) is 90.7 Å². The molecule has 0 bridgehead atoms. The molecule has 0 unspecified atom stereocenters. The number of amides is 6. The summed E-state index contributed by atoms with van der Waals surface area (Å²) in [5.74, 6) is -0.421. The number of thiophene rings is 8. The molecule has 10 aromatic heterocycles. The van der Waals surface area contributed by atoms with E-state index in [2.05, 4.69) is 161 Å². The van der Waals surface area contributed by atoms with Gasteiger partial charge in [0.1, 0.15) is 22.1 Å². The van der Waals surface area contributed by atoms with E-state index < -0.39 is 0 Å². The molecule has 0 aliphatic carbocycles. The second-order valence-corrected chi connectivity index (χ2v) is 45.9. The van der Waals surface area contributed by atoms with E-state index >= 15 is 0 Å². The number of fused-ring (bicyclic) bond motifs is 16. The lowest BCUT2D eigenvalue weighted by Gasteiger charge is -2.19. The van der Waals surface area contributed by atoms with E-state index in [1.807, 2.05) is 110 Å². The highest BCUT2D eigenvalue weighted by molar-refractivity contribution is 7.26. The summed E-state index contributed by atoms with van der Waals surface area (Å²) in [4.78, 5) is 114. The lowest BCUT2D eigenvalue weighted by atomic mass is 9.89. The van der Waals surface area contributed by atoms with E-state index in [9.17, 15) is 33.6 Å². The quantitative estimate of drug-likeness (QED) is 0.121. The molecule has 0 saturated heterocycles. The molecule has 22 rings (SSSR count). The maximum atomic E-state index is 13.3. The first-order valence-corrected chi connectivity index (χ1v) is 50.7. The standard InChI is InChI=1S/C22H24N2O2S2.C22H24S2.C20H18N2O2.C16H14N2O2S2.C12H8N4S2.C11H12OS2/c1-9-11(3)19(27-13(9)5)17-15-16(22(26)23(17)7)18(24(8)21(15)25)20-12(4)10(2)14(6)28-20;1-9-11(3)19-20(21-17(9)13(5)15(7)23-21)12(4)10(2)18-14(6)16(8)24-22(18)19;1-11-5-7-13-15(9-11)21(3)19(23)17(13)18-14-8-6-12(2)10-16(14)22(4)20(18)24;1-7-5-9-13(21-7)11(15(19)17(9)3)12-14-10(6-8(2)22-14)18(4)16(12)20;1-5-3-7-8(11-9(5)13-17-15-11)4-6(2)10-12(7)16-18-14-10;1-5-9-7(3)13-8(4)11(9)14-10(5)6(2)12/h1-8H3;1-8H3;5-10H,1-4H3;5-6H,1-4H3;3-4H,1-2H3;1-4H3/b;;18-17+;12-11+;;. The number of nitrogens with zero attached hydrogens (tertiary/aromatic N) is 10. The number of likely N-dealkylation sites (N-methyl/N-ethyl adjacent to an activating group) is 6. The number of rotatable bonds is 3. The van der Waals surface area contributed by atoms with Crippen LogP contribution in [0.15, 0.2) is 71.8 Å². The van der Waals surface area contributed by atoms with E-state index in [-0.39, 0.29) is 41.2 Å². The Labute approximate surface area is 797 Å². The molecule has 0 atom stereocenters. The fourth-order valence-electron chi connectivity index (χ4n) is 19.0. The number of Topliss-reactive ketones (excluding diaryl/α,β-unsaturated/α-hetero) is 1. The Kier molecular flexibility index (Phi) is 23.5. The van der Waals surface area contributed by atoms with Gasteiger partial charge in [0.2, 0.25) is 0 Å². The number of anilines is 4. The van der Waals surface area contributed by atoms with Crippen LogP contribution in [0.25, 0.3) is 108 Å². The Morgan fingerprint density at radius 3 is 0.985 bits per heavy atom. The minimum Gasteiger partial charge on any atom is -0.311 e. The molecule has 0 radical (unpaired) electrons. The van der Waals surface area contributed by atoms with Gasteiger partial charge in [-0.3, -0.25) is 33.6 Å². The monoisotopic (exact) mass is 1910 g/mol. The first-order chi connectivity index (χ1) is 61.4. The van der Waals surface area contributed by atoms with E-state index in [1.54, 1.807) is 135 Å². The zero-order valence-electron chi connectivity index (χ0n) is 78.7. The van der Waals surface area contributed by atoms with E-state index in [0.29, 0.717) is 33.4 Å². The van der Waals surface area contributed by atoms with Crippen LogP contribution in [0.1, 0.15) is 170 Å². The average Bonchev–Trinajstić information content (AvgIpc) is 1.54. The minimum atomic E-state index is -0.124. The number of hydrogen-bond acceptors (Lipinski definition) is 21. The van der Waals surface area contributed by atoms with Gasteiger partial charge in [0.05, 0.1) is 115 Å². The van der Waals surface area contributed by atoms with Crippen LogP contribution in [0.3, 0.4) is 0 Å². The first kappa shape index (κ1) is 91.2. The van der Waals surface area contributed by atoms with Crippen molar-refractivity contribution in [3.8, 4) is 0 Å². The van der Waals surface area contributed by atoms with Crippen LogP contribution in [-0.2, 0) is 28.8 Å². The van der Waals surface area contributed by atoms with Crippen molar-refractivity contribution in [3.63, 3.8) is 0 Å². The maximum absolute atomic E-state index is 13.3. The molecule has 6 aromatic carbocycles. The molecule has 664 valence electrons. The highest BCUT2D eigenvalue weighted by Crippen LogP contribution is 2.55. The Balaban J connectivity index is 0.000000110. The third-order valence-corrected chi connectivity index (χ3v) is 37.9. The summed E-state index contributed by atoms with van der Waals surface area (Å²) in [6, 6.07) is 20.1. The molecule has 17 nitrogen and oxygen atoms in total. The van der Waals surface area contributed by atoms with E-state index in [0.717, 1.165) is 146 Å². The number of benzene rings is 6. The normalized spacial score (nSPS) is 15.7. The zero-order valence-corrected chi connectivity index (χ0v) is 86.9. The summed E-state index contributed by atoms with van der Waals surface area (Å²) < 4.78 is 21.9. The van der Waals surface area contributed by atoms with Gasteiger partial charge in [-0.25, -0.2) is 0 Å². The van der Waals surface area contributed by atoms with Gasteiger partial charge in [-0.2, -0.15) is 17.5 Å². The molecule has 6 aliphatic heterocycles. The predicted molar refractivity (Wildman–Crippen MR) is 556 cm³/mol. The molecular formula is C103H100N10O7S10. The number of ketones is 1. The van der Waals surface area contributed by atoms with Crippen LogP contribution in [0.2, 0.25) is 0 Å². The van der Waals surface area contributed by atoms with Gasteiger partial charge in [0.15, 0.2) is 5.78 Å². The summed E-state index contributed by atoms with van der Waals surface area (Å²) in [6.07, 6.45) is 0. The lowest BCUT2D eigenvalue weighted by molar-refractivity contribution is -0.123. The molecule has 6 aliphatic rings. The van der Waals surface area contributed by atoms with Crippen LogP contribution in [-0.4, -0.2) is 111 Å². The number of aryl methyl sites for hydroxylation is 19. The van der Waals surface area contributed by atoms with Crippen molar-refractivity contribution >= 4 is 286 Å². The van der Waals surface area contributed by atoms with Crippen molar-refractivity contribution in [1.82, 2.24) is 27.3 Å². The topological polar surface area (TPSA) is 190 Å². The molecule has 0 N–H and O–H groups in total. The van der Waals surface area contributed by atoms with Crippen LogP contribution >= 0.6 is 114 Å². The van der Waals surface area contributed by atoms with Crippen molar-refractivity contribution in [3.05, 3.63) is 230 Å². The average molecular weight is 1910 g/mol. The fourth-order valence-corrected chi connectivity index (χ4v) is 30.0. The van der Waals surface area contributed by atoms with Crippen molar-refractivity contribution in [2.45, 2.75) is 166 Å². The van der Waals surface area contributed by atoms with Crippen LogP contribution in [0, 0.1) is 159 Å². The highest BCUT2D eigenvalue weighted by atomic mass is 32.1. The molecule has 130 heavy (non-hydrogen) atoms. The van der Waals surface area contributed by atoms with Gasteiger partial charge < -0.3 is 29.4 Å². The first-order valence-electron chi connectivity index (χ1n) is 42.7. The molecule has 6 amide bonds. The third kappa shape index (κ3) is 14.1. The molecule has 27 heteroatoms. The van der Waals surface area contributed by atoms with Gasteiger partial charge in [-0.1, -0.05) is 24.3 Å². The smallest absolute Gasteiger partial charge is 0.261 e. The summed E-state index contributed by atoms with van der Waals surface area (Å²) in [5.41, 5.74) is 33.1. The third-order valence-electron chi connectivity index (χ3n) is 27.0. The second kappa shape index (κ2) is 33.5. The number of aromatic nitrogens is 4. The summed E-state index contributed by atoms with van der Waals surface area (Å²) in [6.45, 7) is 51.0. The van der Waals surface area contributed by atoms with Gasteiger partial charge in [0, 0.05) is 133 Å².